The molecule has 1 unspecified atom stereocenters. The van der Waals surface area contributed by atoms with Crippen molar-refractivity contribution >= 4 is 46.5 Å². The molecule has 1 saturated heterocycles. The van der Waals surface area contributed by atoms with Gasteiger partial charge in [0, 0.05) is 49.0 Å². The number of nitrogens with zero attached hydrogens (tertiary/aromatic N) is 5. The Morgan fingerprint density at radius 3 is 2.22 bits per heavy atom. The Kier molecular flexibility index (Phi) is 15.8. The van der Waals surface area contributed by atoms with Gasteiger partial charge in [-0.25, -0.2) is 15.0 Å². The fourth-order valence-electron chi connectivity index (χ4n) is 9.35. The van der Waals surface area contributed by atoms with Gasteiger partial charge in [-0.2, -0.15) is 0 Å². The lowest BCUT2D eigenvalue weighted by Crippen LogP contribution is -2.54. The van der Waals surface area contributed by atoms with Gasteiger partial charge in [-0.05, 0) is 110 Å². The second kappa shape index (κ2) is 22.9. The number of amides is 5. The van der Waals surface area contributed by atoms with Crippen molar-refractivity contribution < 1.29 is 42.9 Å². The first-order chi connectivity index (χ1) is 35.1. The largest absolute Gasteiger partial charge is 0.383 e. The summed E-state index contributed by atoms with van der Waals surface area (Å²) in [6.07, 6.45) is 6.93. The quantitative estimate of drug-likeness (QED) is 0.0449. The normalized spacial score (nSPS) is 16.2. The molecular weight excluding hydrogens is 919 g/mol. The second-order valence-electron chi connectivity index (χ2n) is 18.2. The van der Waals surface area contributed by atoms with Crippen LogP contribution in [0.3, 0.4) is 0 Å². The molecule has 0 radical (unpaired) electrons. The van der Waals surface area contributed by atoms with E-state index in [9.17, 15) is 24.0 Å². The number of imide groups is 2. The van der Waals surface area contributed by atoms with Crippen molar-refractivity contribution in [2.24, 2.45) is 5.73 Å². The maximum absolute atomic E-state index is 13.3. The van der Waals surface area contributed by atoms with Gasteiger partial charge in [-0.15, -0.1) is 0 Å². The maximum Gasteiger partial charge on any atom is 0.262 e. The SMILES string of the molecule is Nc1ncccc1-c1nc2ccc(-c3cccc(CCC(=O)NCCOCCOCCOCCOCCCc4cccc5c4C(=O)N(C4CCC(=O)NC4=O)C5=O)c3)nc2n1-c1ccc(C2(N)CCC2)cc1. The molecule has 1 atom stereocenters. The second-order valence-corrected chi connectivity index (χ2v) is 18.2. The lowest BCUT2D eigenvalue weighted by Gasteiger charge is -2.38. The molecule has 6 N–H and O–H groups in total. The Hall–Kier alpha value is -7.22. The number of aryl methyl sites for hydroxylation is 2. The predicted molar refractivity (Wildman–Crippen MR) is 268 cm³/mol. The lowest BCUT2D eigenvalue weighted by atomic mass is 9.73. The highest BCUT2D eigenvalue weighted by Crippen LogP contribution is 2.40. The van der Waals surface area contributed by atoms with Gasteiger partial charge in [0.2, 0.25) is 17.7 Å². The van der Waals surface area contributed by atoms with Gasteiger partial charge in [0.25, 0.3) is 11.8 Å². The van der Waals surface area contributed by atoms with Gasteiger partial charge >= 0.3 is 0 Å². The molecule has 6 aromatic rings. The number of anilines is 1. The fraction of sp³-hybridized carbons (Fsp3) is 0.370. The number of ether oxygens (including phenoxy) is 4. The van der Waals surface area contributed by atoms with Crippen LogP contribution < -0.4 is 22.1 Å². The minimum atomic E-state index is -0.998. The van der Waals surface area contributed by atoms with E-state index < -0.39 is 29.7 Å². The van der Waals surface area contributed by atoms with Crippen LogP contribution in [0.1, 0.15) is 82.4 Å². The van der Waals surface area contributed by atoms with Crippen LogP contribution in [0.4, 0.5) is 5.82 Å². The van der Waals surface area contributed by atoms with E-state index in [0.29, 0.717) is 119 Å². The summed E-state index contributed by atoms with van der Waals surface area (Å²) >= 11 is 0. The van der Waals surface area contributed by atoms with Gasteiger partial charge in [0.1, 0.15) is 17.4 Å². The van der Waals surface area contributed by atoms with E-state index in [0.717, 1.165) is 57.8 Å². The number of pyridine rings is 2. The van der Waals surface area contributed by atoms with Crippen molar-refractivity contribution in [1.82, 2.24) is 35.1 Å². The molecular formula is C54H59N9O9. The van der Waals surface area contributed by atoms with Crippen molar-refractivity contribution in [3.05, 3.63) is 125 Å². The van der Waals surface area contributed by atoms with Crippen LogP contribution in [0.25, 0.3) is 39.5 Å². The van der Waals surface area contributed by atoms with Gasteiger partial charge in [-0.3, -0.25) is 38.8 Å². The summed E-state index contributed by atoms with van der Waals surface area (Å²) in [4.78, 5) is 78.5. The Bertz CT molecular complexity index is 2950. The van der Waals surface area contributed by atoms with Gasteiger partial charge < -0.3 is 35.7 Å². The van der Waals surface area contributed by atoms with Crippen molar-refractivity contribution in [2.45, 2.75) is 69.4 Å². The molecule has 1 aliphatic carbocycles. The first-order valence-corrected chi connectivity index (χ1v) is 24.6. The molecule has 0 bridgehead atoms. The molecule has 2 fully saturated rings. The molecule has 5 heterocycles. The Morgan fingerprint density at radius 2 is 1.50 bits per heavy atom. The number of imidazole rings is 1. The molecule has 0 spiro atoms. The van der Waals surface area contributed by atoms with Crippen LogP contribution in [-0.2, 0) is 51.7 Å². The topological polar surface area (TPSA) is 245 Å². The number of carbonyl (C=O) groups is 5. The van der Waals surface area contributed by atoms with Crippen LogP contribution in [0.15, 0.2) is 97.2 Å². The van der Waals surface area contributed by atoms with E-state index in [2.05, 4.69) is 45.9 Å². The lowest BCUT2D eigenvalue weighted by molar-refractivity contribution is -0.136. The summed E-state index contributed by atoms with van der Waals surface area (Å²) in [6, 6.07) is 28.2. The van der Waals surface area contributed by atoms with Crippen LogP contribution in [0.2, 0.25) is 0 Å². The van der Waals surface area contributed by atoms with Gasteiger partial charge in [0.15, 0.2) is 11.5 Å². The van der Waals surface area contributed by atoms with Crippen molar-refractivity contribution in [1.29, 1.82) is 0 Å². The number of nitrogen functional groups attached to an aromatic ring is 1. The highest BCUT2D eigenvalue weighted by molar-refractivity contribution is 6.24. The predicted octanol–water partition coefficient (Wildman–Crippen LogP) is 5.22. The number of nitrogens with one attached hydrogen (secondary N) is 2. The number of benzene rings is 3. The number of hydrogen-bond donors (Lipinski definition) is 4. The number of hydrogen-bond acceptors (Lipinski definition) is 14. The molecule has 3 aromatic carbocycles. The smallest absolute Gasteiger partial charge is 0.262 e. The third kappa shape index (κ3) is 11.3. The number of rotatable bonds is 24. The molecule has 3 aliphatic rings. The average Bonchev–Trinajstić information content (AvgIpc) is 3.88. The summed E-state index contributed by atoms with van der Waals surface area (Å²) in [5.74, 6) is -1.11. The monoisotopic (exact) mass is 977 g/mol. The molecule has 1 saturated carbocycles. The van der Waals surface area contributed by atoms with E-state index in [1.807, 2.05) is 47.0 Å². The highest BCUT2D eigenvalue weighted by Gasteiger charge is 2.45. The van der Waals surface area contributed by atoms with E-state index in [1.54, 1.807) is 24.4 Å². The van der Waals surface area contributed by atoms with E-state index in [4.69, 9.17) is 40.4 Å². The maximum atomic E-state index is 13.3. The van der Waals surface area contributed by atoms with E-state index in [-0.39, 0.29) is 29.9 Å². The van der Waals surface area contributed by atoms with Gasteiger partial charge in [-0.1, -0.05) is 42.5 Å². The summed E-state index contributed by atoms with van der Waals surface area (Å²) in [6.45, 7) is 3.50. The number of nitrogens with two attached hydrogens (primary N) is 2. The van der Waals surface area contributed by atoms with Crippen LogP contribution in [-0.4, -0.2) is 119 Å². The standard InChI is InChI=1S/C54H59N9O9/c55-48-41(11-3-24-58-48)49-60-43-18-17-42(59-50(43)62(49)39-15-13-38(14-16-39)54(56)22-5-23-54)37-8-1-6-35(34-37)12-20-45(64)57-25-27-70-29-31-72-33-32-71-30-28-69-26-4-9-36-7-2-10-40-47(36)53(68)63(52(40)67)44-19-21-46(65)61-51(44)66/h1-3,6-8,10-11,13-18,24,34,44H,4-5,9,12,19-23,25-33,56H2,(H2,55,58)(H,57,64)(H,61,65,66). The number of carbonyl (C=O) groups excluding carboxylic acids is 5. The zero-order valence-electron chi connectivity index (χ0n) is 40.1. The minimum Gasteiger partial charge on any atom is -0.383 e. The zero-order chi connectivity index (χ0) is 50.0. The molecule has 5 amide bonds. The third-order valence-corrected chi connectivity index (χ3v) is 13.4. The fourth-order valence-corrected chi connectivity index (χ4v) is 9.35. The summed E-state index contributed by atoms with van der Waals surface area (Å²) < 4.78 is 24.5. The summed E-state index contributed by atoms with van der Waals surface area (Å²) in [7, 11) is 0. The van der Waals surface area contributed by atoms with E-state index >= 15 is 0 Å². The molecule has 18 heteroatoms. The molecule has 72 heavy (non-hydrogen) atoms. The Morgan fingerprint density at radius 1 is 0.778 bits per heavy atom. The van der Waals surface area contributed by atoms with Crippen molar-refractivity contribution in [2.75, 3.05) is 65.1 Å². The van der Waals surface area contributed by atoms with Crippen LogP contribution in [0.5, 0.6) is 0 Å². The zero-order valence-corrected chi connectivity index (χ0v) is 40.1. The molecule has 18 nitrogen and oxygen atoms in total. The molecule has 3 aromatic heterocycles. The Labute approximate surface area is 416 Å². The summed E-state index contributed by atoms with van der Waals surface area (Å²) in [5, 5.41) is 5.15. The number of piperidine rings is 1. The first kappa shape index (κ1) is 49.7. The molecule has 374 valence electrons. The third-order valence-electron chi connectivity index (χ3n) is 13.4. The first-order valence-electron chi connectivity index (χ1n) is 24.6. The van der Waals surface area contributed by atoms with Crippen molar-refractivity contribution in [3.63, 3.8) is 0 Å². The number of aromatic nitrogens is 4. The number of fused-ring (bicyclic) bond motifs is 2. The average molecular weight is 978 g/mol. The van der Waals surface area contributed by atoms with Crippen LogP contribution >= 0.6 is 0 Å². The van der Waals surface area contributed by atoms with E-state index in [1.165, 1.54) is 0 Å². The Balaban J connectivity index is 0.642. The van der Waals surface area contributed by atoms with Crippen LogP contribution in [0, 0.1) is 0 Å². The minimum absolute atomic E-state index is 0.0652. The highest BCUT2D eigenvalue weighted by atomic mass is 16.6. The van der Waals surface area contributed by atoms with Crippen molar-refractivity contribution in [3.8, 4) is 28.3 Å². The van der Waals surface area contributed by atoms with Gasteiger partial charge in [0.05, 0.1) is 68.6 Å². The summed E-state index contributed by atoms with van der Waals surface area (Å²) in [5.41, 5.74) is 20.9. The molecule has 9 rings (SSSR count). The molecule has 2 aliphatic heterocycles.